The second-order valence-corrected chi connectivity index (χ2v) is 15.0. The number of ether oxygens (including phenoxy) is 2. The average Bonchev–Trinajstić information content (AvgIpc) is 3.19. The number of carbonyl (C=O) groups is 2. The minimum atomic E-state index is -4.26. The smallest absolute Gasteiger partial charge is 0.463 e. The number of hydrogen-bond donors (Lipinski definition) is 1. The maximum Gasteiger partial charge on any atom is 0.475 e. The van der Waals surface area contributed by atoms with Crippen molar-refractivity contribution in [2.24, 2.45) is 0 Å². The second-order valence-electron chi connectivity index (χ2n) is 13.3. The maximum absolute atomic E-state index is 14.3. The standard InChI is InChI=1S/C43H54NO8P/c1-3-4-5-6-7-11-18-37-25-27-38(28-26-37)29-30-43(34-49-36(2)45,44-42(46)48-31-39-19-12-8-13-20-39)35-52-53(47,50-32-40-21-14-9-15-22-40)51-33-41-23-16-10-17-24-41/h8-10,12-17,19-28H,3-7,11,18,29-35H2,1-2H3,(H,44,46). The van der Waals surface area contributed by atoms with Crippen LogP contribution in [-0.2, 0) is 65.1 Å². The summed E-state index contributed by atoms with van der Waals surface area (Å²) in [5.41, 5.74) is 3.28. The topological polar surface area (TPSA) is 109 Å². The van der Waals surface area contributed by atoms with Gasteiger partial charge in [0.2, 0.25) is 0 Å². The molecule has 0 aliphatic rings. The summed E-state index contributed by atoms with van der Waals surface area (Å²) >= 11 is 0. The van der Waals surface area contributed by atoms with Crippen LogP contribution in [0.15, 0.2) is 115 Å². The van der Waals surface area contributed by atoms with E-state index in [-0.39, 0.29) is 39.5 Å². The van der Waals surface area contributed by atoms with Crippen molar-refractivity contribution in [1.29, 1.82) is 0 Å². The van der Waals surface area contributed by atoms with Gasteiger partial charge in [0.1, 0.15) is 18.8 Å². The van der Waals surface area contributed by atoms with E-state index in [0.717, 1.165) is 35.1 Å². The number of carbonyl (C=O) groups excluding carboxylic acids is 2. The number of rotatable bonds is 24. The Morgan fingerprint density at radius 1 is 0.566 bits per heavy atom. The largest absolute Gasteiger partial charge is 0.475 e. The van der Waals surface area contributed by atoms with E-state index >= 15 is 0 Å². The van der Waals surface area contributed by atoms with Gasteiger partial charge in [-0.05, 0) is 53.5 Å². The lowest BCUT2D eigenvalue weighted by Crippen LogP contribution is -2.56. The predicted molar refractivity (Wildman–Crippen MR) is 207 cm³/mol. The molecule has 4 aromatic carbocycles. The highest BCUT2D eigenvalue weighted by molar-refractivity contribution is 7.48. The van der Waals surface area contributed by atoms with Crippen LogP contribution in [0.4, 0.5) is 4.79 Å². The van der Waals surface area contributed by atoms with Gasteiger partial charge in [-0.15, -0.1) is 0 Å². The summed E-state index contributed by atoms with van der Waals surface area (Å²) in [7, 11) is -4.26. The van der Waals surface area contributed by atoms with Gasteiger partial charge in [0.25, 0.3) is 0 Å². The fraction of sp³-hybridized carbons (Fsp3) is 0.395. The van der Waals surface area contributed by atoms with Gasteiger partial charge in [-0.25, -0.2) is 9.36 Å². The van der Waals surface area contributed by atoms with Crippen molar-refractivity contribution in [3.05, 3.63) is 143 Å². The van der Waals surface area contributed by atoms with E-state index in [1.54, 1.807) is 0 Å². The summed E-state index contributed by atoms with van der Waals surface area (Å²) < 4.78 is 43.2. The first-order chi connectivity index (χ1) is 25.8. The molecule has 4 rings (SSSR count). The van der Waals surface area contributed by atoms with Gasteiger partial charge < -0.3 is 14.8 Å². The number of esters is 1. The molecule has 0 aliphatic heterocycles. The summed E-state index contributed by atoms with van der Waals surface area (Å²) in [6, 6.07) is 36.3. The Hall–Kier alpha value is -4.27. The zero-order chi connectivity index (χ0) is 37.6. The molecule has 284 valence electrons. The minimum absolute atomic E-state index is 0.0239. The number of hydrogen-bond acceptors (Lipinski definition) is 8. The van der Waals surface area contributed by atoms with E-state index in [9.17, 15) is 14.2 Å². The number of alkyl carbamates (subject to hydrolysis) is 1. The van der Waals surface area contributed by atoms with Crippen molar-refractivity contribution < 1.29 is 37.2 Å². The lowest BCUT2D eigenvalue weighted by atomic mass is 9.92. The molecule has 0 fully saturated rings. The van der Waals surface area contributed by atoms with Crippen LogP contribution < -0.4 is 5.32 Å². The van der Waals surface area contributed by atoms with Crippen LogP contribution in [0.5, 0.6) is 0 Å². The average molecular weight is 744 g/mol. The molecule has 1 N–H and O–H groups in total. The van der Waals surface area contributed by atoms with Gasteiger partial charge in [-0.3, -0.25) is 18.4 Å². The zero-order valence-electron chi connectivity index (χ0n) is 31.1. The Kier molecular flexibility index (Phi) is 17.8. The van der Waals surface area contributed by atoms with Crippen LogP contribution in [-0.4, -0.2) is 30.8 Å². The van der Waals surface area contributed by atoms with Crippen molar-refractivity contribution in [2.45, 2.75) is 97.0 Å². The molecule has 1 unspecified atom stereocenters. The molecule has 1 atom stereocenters. The Morgan fingerprint density at radius 2 is 1.06 bits per heavy atom. The fourth-order valence-corrected chi connectivity index (χ4v) is 6.92. The SMILES string of the molecule is CCCCCCCCc1ccc(CCC(COC(C)=O)(COP(=O)(OCc2ccccc2)OCc2ccccc2)NC(=O)OCc2ccccc2)cc1. The quantitative estimate of drug-likeness (QED) is 0.0429. The highest BCUT2D eigenvalue weighted by Crippen LogP contribution is 2.51. The summed E-state index contributed by atoms with van der Waals surface area (Å²) in [4.78, 5) is 25.6. The van der Waals surface area contributed by atoms with Crippen LogP contribution in [0.3, 0.4) is 0 Å². The molecule has 9 nitrogen and oxygen atoms in total. The second kappa shape index (κ2) is 22.7. The van der Waals surface area contributed by atoms with E-state index in [4.69, 9.17) is 23.0 Å². The number of benzene rings is 4. The van der Waals surface area contributed by atoms with Gasteiger partial charge in [-0.1, -0.05) is 154 Å². The van der Waals surface area contributed by atoms with Crippen molar-refractivity contribution >= 4 is 19.9 Å². The minimum Gasteiger partial charge on any atom is -0.463 e. The van der Waals surface area contributed by atoms with E-state index in [0.29, 0.717) is 6.42 Å². The predicted octanol–water partition coefficient (Wildman–Crippen LogP) is 10.3. The van der Waals surface area contributed by atoms with Gasteiger partial charge in [0.05, 0.1) is 19.8 Å². The van der Waals surface area contributed by atoms with Gasteiger partial charge >= 0.3 is 19.9 Å². The molecule has 4 aromatic rings. The van der Waals surface area contributed by atoms with E-state index in [1.807, 2.05) is 91.0 Å². The van der Waals surface area contributed by atoms with Crippen LogP contribution in [0.25, 0.3) is 0 Å². The molecule has 0 saturated carbocycles. The van der Waals surface area contributed by atoms with Gasteiger partial charge in [0.15, 0.2) is 0 Å². The Balaban J connectivity index is 1.53. The first-order valence-electron chi connectivity index (χ1n) is 18.6. The Morgan fingerprint density at radius 3 is 1.58 bits per heavy atom. The van der Waals surface area contributed by atoms with Crippen molar-refractivity contribution in [3.8, 4) is 0 Å². The summed E-state index contributed by atoms with van der Waals surface area (Å²) in [5, 5.41) is 2.91. The molecule has 10 heteroatoms. The summed E-state index contributed by atoms with van der Waals surface area (Å²) in [6.45, 7) is 2.83. The Bertz CT molecular complexity index is 1620. The van der Waals surface area contributed by atoms with E-state index < -0.39 is 25.4 Å². The summed E-state index contributed by atoms with van der Waals surface area (Å²) in [6.07, 6.45) is 8.48. The monoisotopic (exact) mass is 743 g/mol. The van der Waals surface area contributed by atoms with Crippen LogP contribution in [0.2, 0.25) is 0 Å². The number of phosphoric ester groups is 1. The molecule has 0 saturated heterocycles. The summed E-state index contributed by atoms with van der Waals surface area (Å²) in [5.74, 6) is -0.545. The molecule has 0 heterocycles. The van der Waals surface area contributed by atoms with E-state index in [2.05, 4.69) is 36.5 Å². The zero-order valence-corrected chi connectivity index (χ0v) is 32.0. The lowest BCUT2D eigenvalue weighted by molar-refractivity contribution is -0.143. The number of amides is 1. The normalized spacial score (nSPS) is 12.5. The number of phosphoric acid groups is 1. The molecule has 0 radical (unpaired) electrons. The molecular formula is C43H54NO8P. The number of nitrogens with one attached hydrogen (secondary N) is 1. The van der Waals surface area contributed by atoms with E-state index in [1.165, 1.54) is 44.6 Å². The fourth-order valence-electron chi connectivity index (χ4n) is 5.67. The lowest BCUT2D eigenvalue weighted by Gasteiger charge is -2.34. The van der Waals surface area contributed by atoms with Gasteiger partial charge in [0, 0.05) is 6.92 Å². The molecule has 0 spiro atoms. The Labute approximate surface area is 315 Å². The van der Waals surface area contributed by atoms with Gasteiger partial charge in [-0.2, -0.15) is 0 Å². The molecular weight excluding hydrogens is 689 g/mol. The van der Waals surface area contributed by atoms with Crippen LogP contribution in [0, 0.1) is 0 Å². The van der Waals surface area contributed by atoms with Crippen molar-refractivity contribution in [3.63, 3.8) is 0 Å². The van der Waals surface area contributed by atoms with Crippen molar-refractivity contribution in [1.82, 2.24) is 5.32 Å². The molecule has 1 amide bonds. The molecule has 0 aromatic heterocycles. The number of unbranched alkanes of at least 4 members (excludes halogenated alkanes) is 5. The third kappa shape index (κ3) is 16.1. The maximum atomic E-state index is 14.3. The third-order valence-electron chi connectivity index (χ3n) is 8.83. The van der Waals surface area contributed by atoms with Crippen molar-refractivity contribution in [2.75, 3.05) is 13.2 Å². The first kappa shape index (κ1) is 41.5. The number of aryl methyl sites for hydroxylation is 2. The van der Waals surface area contributed by atoms with Crippen LogP contribution in [0.1, 0.15) is 86.6 Å². The third-order valence-corrected chi connectivity index (χ3v) is 10.2. The molecule has 0 aliphatic carbocycles. The molecule has 53 heavy (non-hydrogen) atoms. The highest BCUT2D eigenvalue weighted by Gasteiger charge is 2.39. The van der Waals surface area contributed by atoms with Crippen LogP contribution >= 0.6 is 7.82 Å². The highest BCUT2D eigenvalue weighted by atomic mass is 31.2. The first-order valence-corrected chi connectivity index (χ1v) is 20.0. The molecule has 0 bridgehead atoms.